The quantitative estimate of drug-likeness (QED) is 0.668. The van der Waals surface area contributed by atoms with Gasteiger partial charge < -0.3 is 20.1 Å². The predicted molar refractivity (Wildman–Crippen MR) is 116 cm³/mol. The third-order valence-electron chi connectivity index (χ3n) is 4.08. The first-order chi connectivity index (χ1) is 13.1. The molecule has 0 fully saturated rings. The predicted octanol–water partition coefficient (Wildman–Crippen LogP) is 5.14. The van der Waals surface area contributed by atoms with Gasteiger partial charge in [-0.15, -0.1) is 23.1 Å². The normalized spacial score (nSPS) is 9.86. The van der Waals surface area contributed by atoms with Gasteiger partial charge in [0.15, 0.2) is 5.06 Å². The summed E-state index contributed by atoms with van der Waals surface area (Å²) in [6.07, 6.45) is 1.18. The number of hydrogen-bond acceptors (Lipinski definition) is 6. The number of aryl methyl sites for hydroxylation is 3. The second kappa shape index (κ2) is 11.0. The molecule has 0 bridgehead atoms. The molecule has 0 aliphatic rings. The molecule has 1 heterocycles. The van der Waals surface area contributed by atoms with E-state index in [4.69, 9.17) is 9.47 Å². The topological polar surface area (TPSA) is 76.7 Å². The summed E-state index contributed by atoms with van der Waals surface area (Å²) in [6, 6.07) is 3.74. The van der Waals surface area contributed by atoms with Crippen molar-refractivity contribution in [3.05, 3.63) is 39.3 Å². The van der Waals surface area contributed by atoms with Gasteiger partial charge in [-0.05, 0) is 69.7 Å². The Kier molecular flexibility index (Phi) is 9.34. The van der Waals surface area contributed by atoms with Crippen molar-refractivity contribution in [2.75, 3.05) is 20.4 Å². The van der Waals surface area contributed by atoms with E-state index in [9.17, 15) is 9.59 Å². The van der Waals surface area contributed by atoms with Crippen LogP contribution in [0.15, 0.2) is 17.0 Å². The molecule has 0 atom stereocenters. The number of carbonyl (C=O) groups excluding carboxylic acids is 2. The first-order valence-electron chi connectivity index (χ1n) is 8.65. The van der Waals surface area contributed by atoms with Crippen molar-refractivity contribution in [2.24, 2.45) is 0 Å². The summed E-state index contributed by atoms with van der Waals surface area (Å²) in [5.41, 5.74) is 4.50. The minimum atomic E-state index is -0.439. The zero-order chi connectivity index (χ0) is 21.4. The number of ether oxygens (including phenoxy) is 2. The van der Waals surface area contributed by atoms with E-state index in [0.29, 0.717) is 10.8 Å². The number of hydrogen-bond donors (Lipinski definition) is 2. The van der Waals surface area contributed by atoms with Crippen LogP contribution in [0.3, 0.4) is 0 Å². The summed E-state index contributed by atoms with van der Waals surface area (Å²) < 4.78 is 10.1. The zero-order valence-electron chi connectivity index (χ0n) is 17.6. The van der Waals surface area contributed by atoms with E-state index >= 15 is 0 Å². The largest absolute Gasteiger partial charge is 0.413 e. The summed E-state index contributed by atoms with van der Waals surface area (Å²) in [6.45, 7) is 10.0. The fraction of sp³-hybridized carbons (Fsp3) is 0.400. The van der Waals surface area contributed by atoms with Crippen LogP contribution in [-0.4, -0.2) is 32.5 Å². The van der Waals surface area contributed by atoms with Crippen molar-refractivity contribution in [3.63, 3.8) is 0 Å². The molecule has 0 aliphatic heterocycles. The molecular weight excluding hydrogens is 396 g/mol. The molecule has 28 heavy (non-hydrogen) atoms. The third-order valence-corrected chi connectivity index (χ3v) is 6.32. The molecule has 0 saturated heterocycles. The first-order valence-corrected chi connectivity index (χ1v) is 10.7. The van der Waals surface area contributed by atoms with Crippen molar-refractivity contribution >= 4 is 35.3 Å². The first kappa shape index (κ1) is 23.8. The molecular formula is C20H28N2O4S2. The van der Waals surface area contributed by atoms with Gasteiger partial charge in [0.2, 0.25) is 0 Å². The Balaban J connectivity index is 0.000000283. The third kappa shape index (κ3) is 6.45. The fourth-order valence-electron chi connectivity index (χ4n) is 2.39. The highest BCUT2D eigenvalue weighted by molar-refractivity contribution is 7.98. The highest BCUT2D eigenvalue weighted by Gasteiger charge is 2.12. The van der Waals surface area contributed by atoms with Gasteiger partial charge in [-0.2, -0.15) is 0 Å². The molecule has 2 rings (SSSR count). The van der Waals surface area contributed by atoms with Gasteiger partial charge in [-0.1, -0.05) is 0 Å². The van der Waals surface area contributed by atoms with Crippen molar-refractivity contribution in [2.45, 2.75) is 39.5 Å². The zero-order valence-corrected chi connectivity index (χ0v) is 19.2. The van der Waals surface area contributed by atoms with Crippen molar-refractivity contribution in [1.29, 1.82) is 0 Å². The lowest BCUT2D eigenvalue weighted by molar-refractivity contribution is 0.202. The van der Waals surface area contributed by atoms with Crippen LogP contribution in [0.1, 0.15) is 27.1 Å². The molecule has 0 aliphatic carbocycles. The highest BCUT2D eigenvalue weighted by atomic mass is 32.2. The van der Waals surface area contributed by atoms with Crippen LogP contribution in [0.4, 0.5) is 9.59 Å². The van der Waals surface area contributed by atoms with Gasteiger partial charge in [0.05, 0.1) is 0 Å². The Morgan fingerprint density at radius 2 is 1.39 bits per heavy atom. The van der Waals surface area contributed by atoms with Gasteiger partial charge in [0, 0.05) is 29.4 Å². The molecule has 0 unspecified atom stereocenters. The van der Waals surface area contributed by atoms with Crippen LogP contribution in [0.5, 0.6) is 10.8 Å². The van der Waals surface area contributed by atoms with E-state index in [-0.39, 0.29) is 0 Å². The molecule has 154 valence electrons. The van der Waals surface area contributed by atoms with Gasteiger partial charge in [-0.3, -0.25) is 0 Å². The fourth-order valence-corrected chi connectivity index (χ4v) is 4.16. The van der Waals surface area contributed by atoms with E-state index in [1.807, 2.05) is 53.0 Å². The number of carbonyl (C=O) groups is 2. The Morgan fingerprint density at radius 3 is 1.79 bits per heavy atom. The molecule has 1 aromatic carbocycles. The smallest absolute Gasteiger partial charge is 0.410 e. The number of thioether (sulfide) groups is 1. The van der Waals surface area contributed by atoms with E-state index in [1.54, 1.807) is 18.8 Å². The van der Waals surface area contributed by atoms with E-state index in [1.165, 1.54) is 33.7 Å². The molecule has 0 radical (unpaired) electrons. The van der Waals surface area contributed by atoms with Crippen molar-refractivity contribution < 1.29 is 19.1 Å². The van der Waals surface area contributed by atoms with E-state index in [2.05, 4.69) is 10.6 Å². The lowest BCUT2D eigenvalue weighted by Gasteiger charge is -2.10. The minimum absolute atomic E-state index is 0.413. The second-order valence-electron chi connectivity index (χ2n) is 6.07. The second-order valence-corrected chi connectivity index (χ2v) is 8.07. The Morgan fingerprint density at radius 1 is 0.893 bits per heavy atom. The molecule has 2 aromatic rings. The maximum Gasteiger partial charge on any atom is 0.413 e. The van der Waals surface area contributed by atoms with Crippen LogP contribution < -0.4 is 20.1 Å². The lowest BCUT2D eigenvalue weighted by Crippen LogP contribution is -2.22. The van der Waals surface area contributed by atoms with Crippen LogP contribution in [-0.2, 0) is 0 Å². The maximum absolute atomic E-state index is 11.0. The summed E-state index contributed by atoms with van der Waals surface area (Å²) in [5, 5.41) is 5.52. The average Bonchev–Trinajstić information content (AvgIpc) is 2.88. The van der Waals surface area contributed by atoms with Crippen LogP contribution >= 0.6 is 23.1 Å². The minimum Gasteiger partial charge on any atom is -0.410 e. The van der Waals surface area contributed by atoms with Crippen molar-refractivity contribution in [1.82, 2.24) is 10.6 Å². The number of benzene rings is 1. The summed E-state index contributed by atoms with van der Waals surface area (Å²) >= 11 is 3.20. The maximum atomic E-state index is 11.0. The van der Waals surface area contributed by atoms with Crippen molar-refractivity contribution in [3.8, 4) is 10.8 Å². The van der Waals surface area contributed by atoms with E-state index in [0.717, 1.165) is 16.7 Å². The Bertz CT molecular complexity index is 824. The van der Waals surface area contributed by atoms with Gasteiger partial charge in [-0.25, -0.2) is 9.59 Å². The van der Waals surface area contributed by atoms with Gasteiger partial charge >= 0.3 is 12.2 Å². The number of nitrogens with one attached hydrogen (secondary N) is 2. The number of amides is 2. The molecule has 1 aromatic heterocycles. The Labute approximate surface area is 175 Å². The average molecular weight is 425 g/mol. The van der Waals surface area contributed by atoms with Crippen LogP contribution in [0.25, 0.3) is 0 Å². The number of rotatable bonds is 3. The number of thiophene rings is 1. The summed E-state index contributed by atoms with van der Waals surface area (Å²) in [5.74, 6) is 0.585. The van der Waals surface area contributed by atoms with Gasteiger partial charge in [0.1, 0.15) is 5.75 Å². The van der Waals surface area contributed by atoms with Crippen LogP contribution in [0, 0.1) is 34.6 Å². The summed E-state index contributed by atoms with van der Waals surface area (Å²) in [4.78, 5) is 24.4. The molecule has 6 nitrogen and oxygen atoms in total. The summed E-state index contributed by atoms with van der Waals surface area (Å²) in [7, 11) is 3.09. The molecule has 0 spiro atoms. The molecule has 2 N–H and O–H groups in total. The monoisotopic (exact) mass is 424 g/mol. The molecule has 0 saturated carbocycles. The van der Waals surface area contributed by atoms with Crippen LogP contribution in [0.2, 0.25) is 0 Å². The molecule has 8 heteroatoms. The SMILES string of the molecule is CNC(=O)Oc1cc(C)c(SC)c(C)c1.CNC(=O)Oc1sc(C)c(C)c1C. The highest BCUT2D eigenvalue weighted by Crippen LogP contribution is 2.33. The lowest BCUT2D eigenvalue weighted by atomic mass is 10.1. The molecule has 2 amide bonds. The Hall–Kier alpha value is -2.19. The van der Waals surface area contributed by atoms with Gasteiger partial charge in [0.25, 0.3) is 0 Å². The van der Waals surface area contributed by atoms with E-state index < -0.39 is 12.2 Å². The standard InChI is InChI=1S/C11H15NO2S.C9H13NO2S/c1-7-5-9(14-11(13)12-3)6-8(2)10(7)15-4;1-5-6(2)8(13-7(5)3)12-9(11)10-4/h5-6H,1-4H3,(H,12,13);1-4H3,(H,10,11).